The normalized spacial score (nSPS) is 22.0. The predicted octanol–water partition coefficient (Wildman–Crippen LogP) is 4.79. The Labute approximate surface area is 183 Å². The first kappa shape index (κ1) is 22.9. The van der Waals surface area contributed by atoms with Crippen LogP contribution in [0.3, 0.4) is 0 Å². The summed E-state index contributed by atoms with van der Waals surface area (Å²) in [7, 11) is -2.26. The molecule has 0 bridgehead atoms. The number of aromatic nitrogens is 1. The quantitative estimate of drug-likeness (QED) is 0.510. The summed E-state index contributed by atoms with van der Waals surface area (Å²) in [5.41, 5.74) is -1.30. The molecule has 8 nitrogen and oxygen atoms in total. The minimum absolute atomic E-state index is 0.0286. The van der Waals surface area contributed by atoms with Gasteiger partial charge in [-0.2, -0.15) is 0 Å². The van der Waals surface area contributed by atoms with Crippen molar-refractivity contribution in [2.24, 2.45) is 4.99 Å². The van der Waals surface area contributed by atoms with Crippen molar-refractivity contribution in [3.05, 3.63) is 64.2 Å². The first-order valence-corrected chi connectivity index (χ1v) is 10.8. The minimum atomic E-state index is -3.51. The molecule has 0 aliphatic carbocycles. The molecule has 2 heterocycles. The first-order valence-electron chi connectivity index (χ1n) is 8.80. The molecule has 1 atom stereocenters. The van der Waals surface area contributed by atoms with Gasteiger partial charge in [-0.1, -0.05) is 17.7 Å². The Bertz CT molecular complexity index is 1080. The lowest BCUT2D eigenvalue weighted by Gasteiger charge is -2.49. The largest absolute Gasteiger partial charge is 0.465 e. The highest BCUT2D eigenvalue weighted by atomic mass is 35.5. The maximum Gasteiger partial charge on any atom is 0.411 e. The van der Waals surface area contributed by atoms with Crippen molar-refractivity contribution >= 4 is 46.3 Å². The number of pyridine rings is 1. The van der Waals surface area contributed by atoms with Crippen molar-refractivity contribution in [3.8, 4) is 0 Å². The van der Waals surface area contributed by atoms with E-state index in [0.717, 1.165) is 16.4 Å². The van der Waals surface area contributed by atoms with Crippen LogP contribution in [0.15, 0.2) is 41.5 Å². The fraction of sp³-hybridized carbons (Fsp3) is 0.211. The van der Waals surface area contributed by atoms with E-state index in [2.05, 4.69) is 9.98 Å². The van der Waals surface area contributed by atoms with Gasteiger partial charge >= 0.3 is 6.09 Å². The fourth-order valence-electron chi connectivity index (χ4n) is 3.07. The van der Waals surface area contributed by atoms with Gasteiger partial charge in [0.1, 0.15) is 17.2 Å². The van der Waals surface area contributed by atoms with Crippen LogP contribution in [-0.4, -0.2) is 48.4 Å². The molecule has 1 aliphatic heterocycles. The Hall–Kier alpha value is -2.73. The van der Waals surface area contributed by atoms with Crippen molar-refractivity contribution < 1.29 is 27.8 Å². The van der Waals surface area contributed by atoms with E-state index in [9.17, 15) is 22.7 Å². The van der Waals surface area contributed by atoms with Gasteiger partial charge in [0.05, 0.1) is 16.5 Å². The van der Waals surface area contributed by atoms with Crippen LogP contribution in [0.25, 0.3) is 11.9 Å². The standard InChI is InChI=1S/C19H19ClF2N4O4S/c1-19(10-31(29,30)26(2)17(25-19)24-18(27)28)13-7-11(3-5-14(13)21)8-15(22)16-6-4-12(20)9-23-16/h3-9,29-30H,10H2,1-2H3,(H,24,25)(H,27,28). The Morgan fingerprint density at radius 3 is 2.68 bits per heavy atom. The Morgan fingerprint density at radius 1 is 1.35 bits per heavy atom. The van der Waals surface area contributed by atoms with Gasteiger partial charge in [-0.25, -0.2) is 22.9 Å². The van der Waals surface area contributed by atoms with Crippen molar-refractivity contribution in [1.29, 1.82) is 0 Å². The number of halogens is 3. The number of hydrogen-bond acceptors (Lipinski definition) is 6. The van der Waals surface area contributed by atoms with Gasteiger partial charge in [0.15, 0.2) is 0 Å². The van der Waals surface area contributed by atoms with E-state index in [1.807, 2.05) is 5.32 Å². The summed E-state index contributed by atoms with van der Waals surface area (Å²) in [5.74, 6) is -2.16. The number of amides is 1. The molecular weight excluding hydrogens is 454 g/mol. The van der Waals surface area contributed by atoms with Crippen LogP contribution in [0.1, 0.15) is 23.7 Å². The van der Waals surface area contributed by atoms with E-state index in [4.69, 9.17) is 16.7 Å². The van der Waals surface area contributed by atoms with Crippen molar-refractivity contribution in [1.82, 2.24) is 14.6 Å². The third-order valence-electron chi connectivity index (χ3n) is 4.62. The molecule has 166 valence electrons. The number of carboxylic acid groups (broad SMARTS) is 1. The van der Waals surface area contributed by atoms with Crippen LogP contribution < -0.4 is 5.32 Å². The highest BCUT2D eigenvalue weighted by Crippen LogP contribution is 2.52. The lowest BCUT2D eigenvalue weighted by atomic mass is 9.92. The molecule has 0 saturated carbocycles. The molecular formula is C19H19ClF2N4O4S. The summed E-state index contributed by atoms with van der Waals surface area (Å²) in [6.07, 6.45) is 0.950. The Morgan fingerprint density at radius 2 is 2.06 bits per heavy atom. The lowest BCUT2D eigenvalue weighted by molar-refractivity contribution is 0.199. The molecule has 12 heteroatoms. The summed E-state index contributed by atoms with van der Waals surface area (Å²) >= 11 is 5.75. The molecule has 3 rings (SSSR count). The number of hydrogen-bond donors (Lipinski definition) is 4. The van der Waals surface area contributed by atoms with E-state index in [1.165, 1.54) is 44.4 Å². The maximum atomic E-state index is 14.7. The number of aliphatic imine (C=N–C) groups is 1. The minimum Gasteiger partial charge on any atom is -0.465 e. The second-order valence-corrected chi connectivity index (χ2v) is 9.54. The first-order chi connectivity index (χ1) is 14.4. The van der Waals surface area contributed by atoms with Gasteiger partial charge < -0.3 is 5.11 Å². The molecule has 4 N–H and O–H groups in total. The van der Waals surface area contributed by atoms with Crippen molar-refractivity contribution in [3.63, 3.8) is 0 Å². The molecule has 1 aromatic heterocycles. The number of nitrogens with one attached hydrogen (secondary N) is 1. The van der Waals surface area contributed by atoms with Crippen molar-refractivity contribution in [2.45, 2.75) is 12.5 Å². The molecule has 0 fully saturated rings. The van der Waals surface area contributed by atoms with E-state index >= 15 is 0 Å². The smallest absolute Gasteiger partial charge is 0.411 e. The second kappa shape index (κ2) is 8.42. The van der Waals surface area contributed by atoms with Crippen molar-refractivity contribution in [2.75, 3.05) is 12.8 Å². The van der Waals surface area contributed by atoms with E-state index in [0.29, 0.717) is 5.02 Å². The van der Waals surface area contributed by atoms with Gasteiger partial charge in [-0.3, -0.25) is 19.4 Å². The highest BCUT2D eigenvalue weighted by Gasteiger charge is 2.43. The molecule has 1 unspecified atom stereocenters. The molecule has 1 amide bonds. The summed E-state index contributed by atoms with van der Waals surface area (Å²) in [5, 5.41) is 11.3. The van der Waals surface area contributed by atoms with Gasteiger partial charge in [0.25, 0.3) is 0 Å². The van der Waals surface area contributed by atoms with E-state index < -0.39 is 39.8 Å². The Kier molecular flexibility index (Phi) is 6.23. The summed E-state index contributed by atoms with van der Waals surface area (Å²) in [4.78, 5) is 19.2. The van der Waals surface area contributed by atoms with Crippen LogP contribution in [0.4, 0.5) is 13.6 Å². The zero-order valence-corrected chi connectivity index (χ0v) is 18.0. The predicted molar refractivity (Wildman–Crippen MR) is 116 cm³/mol. The zero-order valence-electron chi connectivity index (χ0n) is 16.4. The van der Waals surface area contributed by atoms with Crippen LogP contribution >= 0.6 is 22.4 Å². The highest BCUT2D eigenvalue weighted by molar-refractivity contribution is 8.22. The Balaban J connectivity index is 2.05. The molecule has 0 radical (unpaired) electrons. The SMILES string of the molecule is CN1C(NC(=O)O)=NC(C)(c2cc(C=C(F)c3ccc(Cl)cn3)ccc2F)CS1(O)O. The van der Waals surface area contributed by atoms with Crippen LogP contribution in [-0.2, 0) is 5.54 Å². The molecule has 31 heavy (non-hydrogen) atoms. The summed E-state index contributed by atoms with van der Waals surface area (Å²) in [6, 6.07) is 6.61. The third kappa shape index (κ3) is 4.96. The summed E-state index contributed by atoms with van der Waals surface area (Å²) in [6.45, 7) is 1.43. The summed E-state index contributed by atoms with van der Waals surface area (Å²) < 4.78 is 51.1. The average molecular weight is 473 g/mol. The number of guanidine groups is 1. The lowest BCUT2D eigenvalue weighted by Crippen LogP contribution is -2.51. The second-order valence-electron chi connectivity index (χ2n) is 7.01. The third-order valence-corrected chi connectivity index (χ3v) is 6.84. The fourth-order valence-corrected chi connectivity index (χ4v) is 4.71. The van der Waals surface area contributed by atoms with Crippen LogP contribution in [0, 0.1) is 5.82 Å². The number of rotatable bonds is 3. The zero-order chi connectivity index (χ0) is 23.0. The average Bonchev–Trinajstić information content (AvgIpc) is 2.67. The molecule has 0 spiro atoms. The van der Waals surface area contributed by atoms with E-state index in [1.54, 1.807) is 0 Å². The molecule has 0 saturated heterocycles. The van der Waals surface area contributed by atoms with Gasteiger partial charge in [0.2, 0.25) is 5.96 Å². The number of nitrogens with zero attached hydrogens (tertiary/aromatic N) is 3. The van der Waals surface area contributed by atoms with Crippen LogP contribution in [0.2, 0.25) is 5.02 Å². The topological polar surface area (TPSA) is 118 Å². The van der Waals surface area contributed by atoms with Gasteiger partial charge in [-0.15, -0.1) is 10.8 Å². The number of carbonyl (C=O) groups is 1. The molecule has 1 aromatic carbocycles. The van der Waals surface area contributed by atoms with Crippen LogP contribution in [0.5, 0.6) is 0 Å². The number of benzene rings is 1. The van der Waals surface area contributed by atoms with E-state index in [-0.39, 0.29) is 22.8 Å². The molecule has 2 aromatic rings. The van der Waals surface area contributed by atoms with Gasteiger partial charge in [0, 0.05) is 18.8 Å². The maximum absolute atomic E-state index is 14.7. The molecule has 1 aliphatic rings. The van der Waals surface area contributed by atoms with Gasteiger partial charge in [-0.05, 0) is 42.8 Å². The monoisotopic (exact) mass is 472 g/mol.